The van der Waals surface area contributed by atoms with Gasteiger partial charge in [0, 0.05) is 23.4 Å². The number of ether oxygens (including phenoxy) is 4. The monoisotopic (exact) mass is 455 g/mol. The number of carbonyl (C=O) groups is 2. The lowest BCUT2D eigenvalue weighted by atomic mass is 9.92. The number of benzene rings is 2. The molecule has 0 aliphatic carbocycles. The van der Waals surface area contributed by atoms with E-state index in [-0.39, 0.29) is 11.8 Å². The van der Waals surface area contributed by atoms with Gasteiger partial charge in [-0.2, -0.15) is 0 Å². The summed E-state index contributed by atoms with van der Waals surface area (Å²) in [7, 11) is 4.56. The Hall–Kier alpha value is -3.48. The van der Waals surface area contributed by atoms with E-state index in [4.69, 9.17) is 18.9 Å². The van der Waals surface area contributed by atoms with E-state index in [0.29, 0.717) is 22.8 Å². The van der Waals surface area contributed by atoms with Gasteiger partial charge in [0.2, 0.25) is 0 Å². The van der Waals surface area contributed by atoms with Crippen molar-refractivity contribution < 1.29 is 28.5 Å². The van der Waals surface area contributed by atoms with Crippen LogP contribution in [-0.4, -0.2) is 39.8 Å². The van der Waals surface area contributed by atoms with Crippen LogP contribution in [0.15, 0.2) is 36.4 Å². The highest BCUT2D eigenvalue weighted by molar-refractivity contribution is 5.96. The van der Waals surface area contributed by atoms with Crippen LogP contribution < -0.4 is 19.5 Å². The lowest BCUT2D eigenvalue weighted by molar-refractivity contribution is -0.142. The molecule has 0 bridgehead atoms. The summed E-state index contributed by atoms with van der Waals surface area (Å²) in [6.07, 6.45) is 2.77. The Morgan fingerprint density at radius 2 is 1.42 bits per heavy atom. The number of hydrogen-bond acceptors (Lipinski definition) is 6. The molecule has 178 valence electrons. The van der Waals surface area contributed by atoms with Crippen molar-refractivity contribution in [3.63, 3.8) is 0 Å². The van der Waals surface area contributed by atoms with E-state index in [9.17, 15) is 9.59 Å². The number of carbonyl (C=O) groups excluding carboxylic acids is 2. The molecule has 0 saturated heterocycles. The SMILES string of the molecule is COc1cc(OC)c(OC)cc1/C=C/C(=O)OCC(=O)Nc1c(C(C)C)cccc1C(C)C. The normalized spacial score (nSPS) is 11.1. The minimum atomic E-state index is -0.650. The summed E-state index contributed by atoms with van der Waals surface area (Å²) in [6, 6.07) is 9.34. The first-order valence-corrected chi connectivity index (χ1v) is 10.8. The number of nitrogens with one attached hydrogen (secondary N) is 1. The van der Waals surface area contributed by atoms with Gasteiger partial charge in [-0.25, -0.2) is 4.79 Å². The topological polar surface area (TPSA) is 83.1 Å². The number of anilines is 1. The first-order chi connectivity index (χ1) is 15.7. The van der Waals surface area contributed by atoms with Gasteiger partial charge < -0.3 is 24.3 Å². The van der Waals surface area contributed by atoms with Crippen molar-refractivity contribution in [1.29, 1.82) is 0 Å². The van der Waals surface area contributed by atoms with Crippen molar-refractivity contribution >= 4 is 23.6 Å². The number of hydrogen-bond donors (Lipinski definition) is 1. The highest BCUT2D eigenvalue weighted by Gasteiger charge is 2.17. The molecule has 0 atom stereocenters. The van der Waals surface area contributed by atoms with Gasteiger partial charge in [0.05, 0.1) is 21.3 Å². The summed E-state index contributed by atoms with van der Waals surface area (Å²) in [4.78, 5) is 24.7. The van der Waals surface area contributed by atoms with Gasteiger partial charge in [0.1, 0.15) is 5.75 Å². The second-order valence-corrected chi connectivity index (χ2v) is 8.06. The predicted molar refractivity (Wildman–Crippen MR) is 129 cm³/mol. The second kappa shape index (κ2) is 11.9. The van der Waals surface area contributed by atoms with Gasteiger partial charge in [-0.1, -0.05) is 45.9 Å². The van der Waals surface area contributed by atoms with E-state index in [1.165, 1.54) is 33.5 Å². The van der Waals surface area contributed by atoms with Crippen molar-refractivity contribution in [3.05, 3.63) is 53.1 Å². The molecule has 33 heavy (non-hydrogen) atoms. The molecular weight excluding hydrogens is 422 g/mol. The Labute approximate surface area is 195 Å². The van der Waals surface area contributed by atoms with Crippen LogP contribution in [0.25, 0.3) is 6.08 Å². The van der Waals surface area contributed by atoms with Crippen molar-refractivity contribution in [1.82, 2.24) is 0 Å². The zero-order valence-electron chi connectivity index (χ0n) is 20.4. The smallest absolute Gasteiger partial charge is 0.331 e. The standard InChI is InChI=1S/C26H33NO6/c1-16(2)19-9-8-10-20(17(3)4)26(19)27-24(28)15-33-25(29)12-11-18-13-22(31-6)23(32-7)14-21(18)30-5/h8-14,16-17H,15H2,1-7H3,(H,27,28)/b12-11+. The zero-order valence-corrected chi connectivity index (χ0v) is 20.4. The molecule has 0 heterocycles. The molecule has 2 aromatic carbocycles. The quantitative estimate of drug-likeness (QED) is 0.394. The summed E-state index contributed by atoms with van der Waals surface area (Å²) in [5, 5.41) is 2.93. The predicted octanol–water partition coefficient (Wildman–Crippen LogP) is 5.15. The minimum absolute atomic E-state index is 0.237. The van der Waals surface area contributed by atoms with Crippen LogP contribution in [0.3, 0.4) is 0 Å². The van der Waals surface area contributed by atoms with Crippen LogP contribution >= 0.6 is 0 Å². The maximum Gasteiger partial charge on any atom is 0.331 e. The highest BCUT2D eigenvalue weighted by atomic mass is 16.5. The summed E-state index contributed by atoms with van der Waals surface area (Å²) >= 11 is 0. The Morgan fingerprint density at radius 3 is 1.94 bits per heavy atom. The minimum Gasteiger partial charge on any atom is -0.496 e. The number of methoxy groups -OCH3 is 3. The molecule has 0 saturated carbocycles. The van der Waals surface area contributed by atoms with E-state index >= 15 is 0 Å². The maximum absolute atomic E-state index is 12.5. The zero-order chi connectivity index (χ0) is 24.5. The number of rotatable bonds is 10. The lowest BCUT2D eigenvalue weighted by Gasteiger charge is -2.20. The summed E-state index contributed by atoms with van der Waals surface area (Å²) in [5.41, 5.74) is 3.47. The molecule has 2 aromatic rings. The van der Waals surface area contributed by atoms with Crippen molar-refractivity contribution in [3.8, 4) is 17.2 Å². The number of para-hydroxylation sites is 1. The van der Waals surface area contributed by atoms with Gasteiger partial charge in [-0.15, -0.1) is 0 Å². The van der Waals surface area contributed by atoms with Crippen molar-refractivity contribution in [2.24, 2.45) is 0 Å². The first kappa shape index (κ1) is 25.8. The molecule has 2 rings (SSSR count). The maximum atomic E-state index is 12.5. The van der Waals surface area contributed by atoms with Gasteiger partial charge in [0.15, 0.2) is 18.1 Å². The molecule has 0 fully saturated rings. The molecular formula is C26H33NO6. The van der Waals surface area contributed by atoms with Crippen LogP contribution in [0.4, 0.5) is 5.69 Å². The molecule has 1 amide bonds. The Balaban J connectivity index is 2.08. The summed E-state index contributed by atoms with van der Waals surface area (Å²) in [5.74, 6) is 0.935. The third-order valence-electron chi connectivity index (χ3n) is 5.12. The number of esters is 1. The molecule has 0 radical (unpaired) electrons. The molecule has 1 N–H and O–H groups in total. The summed E-state index contributed by atoms with van der Waals surface area (Å²) in [6.45, 7) is 7.89. The van der Waals surface area contributed by atoms with Gasteiger partial charge in [-0.05, 0) is 35.1 Å². The third kappa shape index (κ3) is 6.75. The van der Waals surface area contributed by atoms with E-state index in [1.54, 1.807) is 12.1 Å². The van der Waals surface area contributed by atoms with E-state index in [2.05, 4.69) is 33.0 Å². The van der Waals surface area contributed by atoms with Crippen LogP contribution in [0.1, 0.15) is 56.2 Å². The van der Waals surface area contributed by atoms with Crippen LogP contribution in [-0.2, 0) is 14.3 Å². The molecule has 0 spiro atoms. The van der Waals surface area contributed by atoms with Gasteiger partial charge in [-0.3, -0.25) is 4.79 Å². The van der Waals surface area contributed by atoms with Crippen LogP contribution in [0.2, 0.25) is 0 Å². The van der Waals surface area contributed by atoms with E-state index in [0.717, 1.165) is 16.8 Å². The van der Waals surface area contributed by atoms with Gasteiger partial charge in [0.25, 0.3) is 5.91 Å². The molecule has 0 aliphatic rings. The van der Waals surface area contributed by atoms with Crippen molar-refractivity contribution in [2.75, 3.05) is 33.3 Å². The molecule has 0 aromatic heterocycles. The van der Waals surface area contributed by atoms with E-state index in [1.807, 2.05) is 18.2 Å². The fourth-order valence-corrected chi connectivity index (χ4v) is 3.40. The second-order valence-electron chi connectivity index (χ2n) is 8.06. The van der Waals surface area contributed by atoms with Crippen LogP contribution in [0.5, 0.6) is 17.2 Å². The third-order valence-corrected chi connectivity index (χ3v) is 5.12. The highest BCUT2D eigenvalue weighted by Crippen LogP contribution is 2.35. The molecule has 7 nitrogen and oxygen atoms in total. The number of amides is 1. The fourth-order valence-electron chi connectivity index (χ4n) is 3.40. The average molecular weight is 456 g/mol. The molecule has 7 heteroatoms. The Kier molecular flexibility index (Phi) is 9.33. The Bertz CT molecular complexity index is 984. The van der Waals surface area contributed by atoms with Crippen molar-refractivity contribution in [2.45, 2.75) is 39.5 Å². The van der Waals surface area contributed by atoms with Crippen LogP contribution in [0, 0.1) is 0 Å². The lowest BCUT2D eigenvalue weighted by Crippen LogP contribution is -2.22. The van der Waals surface area contributed by atoms with Gasteiger partial charge >= 0.3 is 5.97 Å². The largest absolute Gasteiger partial charge is 0.496 e. The average Bonchev–Trinajstić information content (AvgIpc) is 2.80. The molecule has 0 unspecified atom stereocenters. The Morgan fingerprint density at radius 1 is 0.879 bits per heavy atom. The fraction of sp³-hybridized carbons (Fsp3) is 0.385. The summed E-state index contributed by atoms with van der Waals surface area (Å²) < 4.78 is 21.0. The first-order valence-electron chi connectivity index (χ1n) is 10.8. The van der Waals surface area contributed by atoms with E-state index < -0.39 is 18.5 Å². The molecule has 0 aliphatic heterocycles.